The van der Waals surface area contributed by atoms with Crippen LogP contribution in [0, 0.1) is 0 Å². The molecular weight excluding hydrogens is 308 g/mol. The number of amides is 2. The second-order valence-corrected chi connectivity index (χ2v) is 6.35. The maximum Gasteiger partial charge on any atom is 0.315 e. The third kappa shape index (κ3) is 3.70. The van der Waals surface area contributed by atoms with Crippen molar-refractivity contribution in [3.8, 4) is 11.4 Å². The molecule has 0 unspecified atom stereocenters. The standard InChI is InChI=1S/C16H22N6O2/c1-10(2)18-16(23)19-12-8-13(22(3)9-12)15-20-14(21-24-15)11-4-6-17-7-5-11/h4-7,10,12-13H,8-9H2,1-3H3,(H2,18,19,23)/t12-,13-/m0/s1. The van der Waals surface area contributed by atoms with Gasteiger partial charge in [0.05, 0.1) is 6.04 Å². The molecule has 1 aliphatic heterocycles. The molecule has 1 fully saturated rings. The number of nitrogens with one attached hydrogen (secondary N) is 2. The molecule has 8 heteroatoms. The molecule has 1 saturated heterocycles. The number of pyridine rings is 1. The van der Waals surface area contributed by atoms with E-state index in [9.17, 15) is 4.79 Å². The van der Waals surface area contributed by atoms with Crippen LogP contribution in [0.25, 0.3) is 11.4 Å². The molecule has 2 amide bonds. The van der Waals surface area contributed by atoms with Crippen molar-refractivity contribution in [3.63, 3.8) is 0 Å². The number of aromatic nitrogens is 3. The highest BCUT2D eigenvalue weighted by Gasteiger charge is 2.35. The second kappa shape index (κ2) is 6.96. The topological polar surface area (TPSA) is 96.2 Å². The Labute approximate surface area is 140 Å². The number of hydrogen-bond donors (Lipinski definition) is 2. The zero-order valence-electron chi connectivity index (χ0n) is 14.1. The van der Waals surface area contributed by atoms with Crippen molar-refractivity contribution in [3.05, 3.63) is 30.4 Å². The van der Waals surface area contributed by atoms with Crippen LogP contribution in [0.5, 0.6) is 0 Å². The summed E-state index contributed by atoms with van der Waals surface area (Å²) in [5.74, 6) is 1.12. The minimum Gasteiger partial charge on any atom is -0.337 e. The Bertz CT molecular complexity index is 687. The number of urea groups is 1. The number of likely N-dealkylation sites (tertiary alicyclic amines) is 1. The molecule has 2 aromatic heterocycles. The maximum atomic E-state index is 11.9. The SMILES string of the molecule is CC(C)NC(=O)N[C@H]1C[C@@H](c2nc(-c3ccncc3)no2)N(C)C1. The molecule has 2 aromatic rings. The van der Waals surface area contributed by atoms with Gasteiger partial charge in [0.15, 0.2) is 0 Å². The zero-order chi connectivity index (χ0) is 17.1. The van der Waals surface area contributed by atoms with E-state index in [1.165, 1.54) is 0 Å². The zero-order valence-corrected chi connectivity index (χ0v) is 14.1. The number of carbonyl (C=O) groups excluding carboxylic acids is 1. The van der Waals surface area contributed by atoms with Gasteiger partial charge in [-0.15, -0.1) is 0 Å². The van der Waals surface area contributed by atoms with Crippen LogP contribution in [-0.4, -0.2) is 51.7 Å². The molecule has 24 heavy (non-hydrogen) atoms. The van der Waals surface area contributed by atoms with Crippen molar-refractivity contribution in [1.29, 1.82) is 0 Å². The van der Waals surface area contributed by atoms with Gasteiger partial charge in [0, 0.05) is 36.6 Å². The molecule has 2 atom stereocenters. The molecule has 8 nitrogen and oxygen atoms in total. The van der Waals surface area contributed by atoms with Crippen LogP contribution in [0.4, 0.5) is 4.79 Å². The van der Waals surface area contributed by atoms with Crippen molar-refractivity contribution >= 4 is 6.03 Å². The lowest BCUT2D eigenvalue weighted by Gasteiger charge is -2.15. The summed E-state index contributed by atoms with van der Waals surface area (Å²) in [5.41, 5.74) is 0.867. The number of carbonyl (C=O) groups is 1. The third-order valence-electron chi connectivity index (χ3n) is 3.97. The van der Waals surface area contributed by atoms with E-state index in [0.29, 0.717) is 11.7 Å². The predicted molar refractivity (Wildman–Crippen MR) is 88.1 cm³/mol. The molecule has 0 aromatic carbocycles. The minimum absolute atomic E-state index is 0.00237. The predicted octanol–water partition coefficient (Wildman–Crippen LogP) is 1.58. The highest BCUT2D eigenvalue weighted by molar-refractivity contribution is 5.74. The largest absolute Gasteiger partial charge is 0.337 e. The van der Waals surface area contributed by atoms with Gasteiger partial charge in [0.1, 0.15) is 0 Å². The smallest absolute Gasteiger partial charge is 0.315 e. The Morgan fingerprint density at radius 1 is 1.38 bits per heavy atom. The average molecular weight is 330 g/mol. The second-order valence-electron chi connectivity index (χ2n) is 6.35. The van der Waals surface area contributed by atoms with Crippen LogP contribution >= 0.6 is 0 Å². The van der Waals surface area contributed by atoms with Crippen molar-refractivity contribution in [1.82, 2.24) is 30.7 Å². The summed E-state index contributed by atoms with van der Waals surface area (Å²) < 4.78 is 5.44. The summed E-state index contributed by atoms with van der Waals surface area (Å²) in [6.07, 6.45) is 4.13. The number of likely N-dealkylation sites (N-methyl/N-ethyl adjacent to an activating group) is 1. The molecule has 0 aliphatic carbocycles. The number of rotatable bonds is 4. The Morgan fingerprint density at radius 2 is 2.12 bits per heavy atom. The lowest BCUT2D eigenvalue weighted by Crippen LogP contribution is -2.45. The van der Waals surface area contributed by atoms with Crippen LogP contribution < -0.4 is 10.6 Å². The van der Waals surface area contributed by atoms with E-state index in [4.69, 9.17) is 4.52 Å². The Morgan fingerprint density at radius 3 is 2.83 bits per heavy atom. The molecule has 128 valence electrons. The van der Waals surface area contributed by atoms with Crippen LogP contribution in [0.15, 0.2) is 29.0 Å². The van der Waals surface area contributed by atoms with Gasteiger partial charge >= 0.3 is 6.03 Å². The number of nitrogens with zero attached hydrogens (tertiary/aromatic N) is 4. The Kier molecular flexibility index (Phi) is 4.75. The van der Waals surface area contributed by atoms with Gasteiger partial charge in [-0.05, 0) is 39.4 Å². The molecule has 2 N–H and O–H groups in total. The normalized spacial score (nSPS) is 21.2. The van der Waals surface area contributed by atoms with Crippen molar-refractivity contribution in [2.24, 2.45) is 0 Å². The lowest BCUT2D eigenvalue weighted by atomic mass is 10.1. The summed E-state index contributed by atoms with van der Waals surface area (Å²) in [6, 6.07) is 3.69. The quantitative estimate of drug-likeness (QED) is 0.883. The van der Waals surface area contributed by atoms with Crippen molar-refractivity contribution in [2.75, 3.05) is 13.6 Å². The summed E-state index contributed by atoms with van der Waals surface area (Å²) >= 11 is 0. The van der Waals surface area contributed by atoms with Crippen LogP contribution in [-0.2, 0) is 0 Å². The van der Waals surface area contributed by atoms with Gasteiger partial charge < -0.3 is 15.2 Å². The van der Waals surface area contributed by atoms with E-state index in [-0.39, 0.29) is 24.2 Å². The first-order valence-corrected chi connectivity index (χ1v) is 8.04. The molecular formula is C16H22N6O2. The third-order valence-corrected chi connectivity index (χ3v) is 3.97. The fraction of sp³-hybridized carbons (Fsp3) is 0.500. The molecule has 1 aliphatic rings. The monoisotopic (exact) mass is 330 g/mol. The minimum atomic E-state index is -0.146. The van der Waals surface area contributed by atoms with Crippen LogP contribution in [0.1, 0.15) is 32.2 Å². The van der Waals surface area contributed by atoms with E-state index in [2.05, 4.69) is 30.7 Å². The fourth-order valence-electron chi connectivity index (χ4n) is 2.87. The molecule has 0 bridgehead atoms. The van der Waals surface area contributed by atoms with Gasteiger partial charge in [-0.25, -0.2) is 4.79 Å². The first-order valence-electron chi connectivity index (χ1n) is 8.04. The summed E-state index contributed by atoms with van der Waals surface area (Å²) in [7, 11) is 1.99. The number of hydrogen-bond acceptors (Lipinski definition) is 6. The van der Waals surface area contributed by atoms with Crippen LogP contribution in [0.2, 0.25) is 0 Å². The van der Waals surface area contributed by atoms with E-state index in [0.717, 1.165) is 18.5 Å². The molecule has 0 saturated carbocycles. The maximum absolute atomic E-state index is 11.9. The Hall–Kier alpha value is -2.48. The van der Waals surface area contributed by atoms with Gasteiger partial charge in [-0.1, -0.05) is 5.16 Å². The van der Waals surface area contributed by atoms with Crippen LogP contribution in [0.3, 0.4) is 0 Å². The molecule has 3 heterocycles. The first-order chi connectivity index (χ1) is 11.5. The highest BCUT2D eigenvalue weighted by atomic mass is 16.5. The fourth-order valence-corrected chi connectivity index (χ4v) is 2.87. The summed E-state index contributed by atoms with van der Waals surface area (Å²) in [6.45, 7) is 4.60. The first kappa shape index (κ1) is 16.4. The van der Waals surface area contributed by atoms with E-state index < -0.39 is 0 Å². The van der Waals surface area contributed by atoms with Crippen molar-refractivity contribution in [2.45, 2.75) is 38.4 Å². The molecule has 0 spiro atoms. The average Bonchev–Trinajstić information content (AvgIpc) is 3.14. The van der Waals surface area contributed by atoms with Gasteiger partial charge in [0.2, 0.25) is 11.7 Å². The highest BCUT2D eigenvalue weighted by Crippen LogP contribution is 2.30. The van der Waals surface area contributed by atoms with Crippen molar-refractivity contribution < 1.29 is 9.32 Å². The summed E-state index contributed by atoms with van der Waals surface area (Å²) in [5, 5.41) is 9.88. The van der Waals surface area contributed by atoms with Gasteiger partial charge in [-0.2, -0.15) is 4.98 Å². The summed E-state index contributed by atoms with van der Waals surface area (Å²) in [4.78, 5) is 22.4. The molecule has 0 radical (unpaired) electrons. The molecule has 3 rings (SSSR count). The van der Waals surface area contributed by atoms with E-state index >= 15 is 0 Å². The Balaban J connectivity index is 1.65. The van der Waals surface area contributed by atoms with Gasteiger partial charge in [0.25, 0.3) is 0 Å². The lowest BCUT2D eigenvalue weighted by molar-refractivity contribution is 0.234. The van der Waals surface area contributed by atoms with Gasteiger partial charge in [-0.3, -0.25) is 9.88 Å². The van der Waals surface area contributed by atoms with E-state index in [1.807, 2.05) is 33.0 Å². The van der Waals surface area contributed by atoms with E-state index in [1.54, 1.807) is 12.4 Å².